The third-order valence-corrected chi connectivity index (χ3v) is 2.50. The maximum absolute atomic E-state index is 9.76. The van der Waals surface area contributed by atoms with Crippen LogP contribution in [0.25, 0.3) is 0 Å². The fourth-order valence-corrected chi connectivity index (χ4v) is 1.42. The monoisotopic (exact) mass is 227 g/mol. The molecule has 1 atom stereocenters. The molecule has 3 heteroatoms. The van der Waals surface area contributed by atoms with E-state index >= 15 is 0 Å². The molecule has 0 N–H and O–H groups in total. The fourth-order valence-electron chi connectivity index (χ4n) is 0.899. The quantitative estimate of drug-likeness (QED) is 0.745. The molecule has 0 saturated heterocycles. The predicted octanol–water partition coefficient (Wildman–Crippen LogP) is 2.97. The van der Waals surface area contributed by atoms with Crippen LogP contribution in [-0.4, -0.2) is 14.5 Å². The van der Waals surface area contributed by atoms with E-state index in [-0.39, 0.29) is 0 Å². The molecule has 0 heterocycles. The molecule has 0 aliphatic carbocycles. The maximum Gasteiger partial charge on any atom is 0.0101 e. The zero-order chi connectivity index (χ0) is 11.7. The summed E-state index contributed by atoms with van der Waals surface area (Å²) in [4.78, 5) is 0. The van der Waals surface area contributed by atoms with E-state index in [1.54, 1.807) is 0 Å². The van der Waals surface area contributed by atoms with E-state index < -0.39 is 11.1 Å². The Morgan fingerprint density at radius 1 is 1.13 bits per heavy atom. The van der Waals surface area contributed by atoms with Gasteiger partial charge in [-0.3, -0.25) is 4.21 Å². The van der Waals surface area contributed by atoms with Gasteiger partial charge in [0.1, 0.15) is 0 Å². The molecule has 2 nitrogen and oxygen atoms in total. The van der Waals surface area contributed by atoms with Gasteiger partial charge in [-0.1, -0.05) is 59.8 Å². The number of benzene rings is 1. The van der Waals surface area contributed by atoms with Gasteiger partial charge in [0, 0.05) is 5.75 Å². The normalized spacial score (nSPS) is 11.5. The fraction of sp³-hybridized carbons (Fsp3) is 0.500. The van der Waals surface area contributed by atoms with E-state index in [0.717, 1.165) is 12.8 Å². The Morgan fingerprint density at radius 3 is 1.73 bits per heavy atom. The number of hydrogen-bond acceptors (Lipinski definition) is 2. The highest BCUT2D eigenvalue weighted by Crippen LogP contribution is 1.99. The standard InChI is InChI=1S/C8H10.C4H10O2S/c1-7-3-5-8(2)6-4-7;1-2-3-4-7(5)6/h3-6H,1-2H3;2-4H2,1H3,(H,5,6)/p-1. The van der Waals surface area contributed by atoms with Crippen LogP contribution in [0, 0.1) is 13.8 Å². The lowest BCUT2D eigenvalue weighted by molar-refractivity contribution is 0.534. The molecule has 0 radical (unpaired) electrons. The van der Waals surface area contributed by atoms with Crippen molar-refractivity contribution in [2.24, 2.45) is 0 Å². The Labute approximate surface area is 95.0 Å². The number of unbranched alkanes of at least 4 members (excludes halogenated alkanes) is 1. The average Bonchev–Trinajstić information content (AvgIpc) is 2.20. The molecule has 1 unspecified atom stereocenters. The molecule has 0 aliphatic rings. The predicted molar refractivity (Wildman–Crippen MR) is 64.6 cm³/mol. The van der Waals surface area contributed by atoms with E-state index in [0.29, 0.717) is 5.75 Å². The molecule has 0 fully saturated rings. The van der Waals surface area contributed by atoms with Crippen molar-refractivity contribution in [1.82, 2.24) is 0 Å². The minimum Gasteiger partial charge on any atom is -0.772 e. The Bertz CT molecular complexity index is 259. The smallest absolute Gasteiger partial charge is 0.0101 e. The van der Waals surface area contributed by atoms with Crippen molar-refractivity contribution >= 4 is 11.1 Å². The Kier molecular flexibility index (Phi) is 8.24. The topological polar surface area (TPSA) is 40.1 Å². The van der Waals surface area contributed by atoms with Gasteiger partial charge >= 0.3 is 0 Å². The molecule has 15 heavy (non-hydrogen) atoms. The van der Waals surface area contributed by atoms with Crippen molar-refractivity contribution in [3.63, 3.8) is 0 Å². The third-order valence-electron chi connectivity index (χ3n) is 1.88. The Morgan fingerprint density at radius 2 is 1.53 bits per heavy atom. The summed E-state index contributed by atoms with van der Waals surface area (Å²) in [5.74, 6) is 0.316. The lowest BCUT2D eigenvalue weighted by Gasteiger charge is -1.99. The first-order valence-electron chi connectivity index (χ1n) is 5.15. The van der Waals surface area contributed by atoms with Crippen molar-refractivity contribution in [2.45, 2.75) is 33.6 Å². The van der Waals surface area contributed by atoms with Crippen LogP contribution in [0.4, 0.5) is 0 Å². The highest BCUT2D eigenvalue weighted by atomic mass is 32.2. The first-order chi connectivity index (χ1) is 7.06. The molecule has 0 bridgehead atoms. The zero-order valence-electron chi connectivity index (χ0n) is 9.66. The molecule has 86 valence electrons. The van der Waals surface area contributed by atoms with Gasteiger partial charge in [-0.2, -0.15) is 0 Å². The summed E-state index contributed by atoms with van der Waals surface area (Å²) in [6.45, 7) is 6.16. The van der Waals surface area contributed by atoms with Crippen molar-refractivity contribution in [2.75, 3.05) is 5.75 Å². The summed E-state index contributed by atoms with van der Waals surface area (Å²) in [5, 5.41) is 0. The van der Waals surface area contributed by atoms with Crippen LogP contribution in [0.3, 0.4) is 0 Å². The summed E-state index contributed by atoms with van der Waals surface area (Å²) in [5.41, 5.74) is 2.66. The number of aryl methyl sites for hydroxylation is 2. The molecule has 0 aromatic heterocycles. The van der Waals surface area contributed by atoms with E-state index in [9.17, 15) is 8.76 Å². The largest absolute Gasteiger partial charge is 0.772 e. The minimum atomic E-state index is -1.82. The highest BCUT2D eigenvalue weighted by molar-refractivity contribution is 7.79. The van der Waals surface area contributed by atoms with Gasteiger partial charge in [-0.05, 0) is 20.3 Å². The van der Waals surface area contributed by atoms with E-state index in [1.807, 2.05) is 6.92 Å². The van der Waals surface area contributed by atoms with E-state index in [4.69, 9.17) is 0 Å². The van der Waals surface area contributed by atoms with Crippen LogP contribution in [-0.2, 0) is 11.1 Å². The van der Waals surface area contributed by atoms with Gasteiger partial charge in [-0.25, -0.2) is 0 Å². The minimum absolute atomic E-state index is 0.316. The van der Waals surface area contributed by atoms with E-state index in [1.165, 1.54) is 11.1 Å². The number of hydrogen-bond donors (Lipinski definition) is 0. The van der Waals surface area contributed by atoms with E-state index in [2.05, 4.69) is 38.1 Å². The summed E-state index contributed by atoms with van der Waals surface area (Å²) in [7, 11) is 0. The maximum atomic E-state index is 9.76. The molecule has 0 aliphatic heterocycles. The molecular formula is C12H19O2S-. The van der Waals surface area contributed by atoms with Crippen LogP contribution < -0.4 is 0 Å². The van der Waals surface area contributed by atoms with Crippen LogP contribution in [0.2, 0.25) is 0 Å². The Hall–Kier alpha value is -0.670. The molecule has 1 aromatic carbocycles. The van der Waals surface area contributed by atoms with Crippen molar-refractivity contribution in [3.05, 3.63) is 35.4 Å². The van der Waals surface area contributed by atoms with Crippen LogP contribution in [0.5, 0.6) is 0 Å². The van der Waals surface area contributed by atoms with Gasteiger partial charge in [0.05, 0.1) is 0 Å². The summed E-state index contributed by atoms with van der Waals surface area (Å²) >= 11 is -1.82. The Balaban J connectivity index is 0.000000265. The molecule has 1 aromatic rings. The van der Waals surface area contributed by atoms with Gasteiger partial charge in [0.15, 0.2) is 0 Å². The van der Waals surface area contributed by atoms with Crippen molar-refractivity contribution < 1.29 is 8.76 Å². The second-order valence-electron chi connectivity index (χ2n) is 3.52. The SMILES string of the molecule is CCCCS(=O)[O-].Cc1ccc(C)cc1. The van der Waals surface area contributed by atoms with Crippen LogP contribution in [0.15, 0.2) is 24.3 Å². The third kappa shape index (κ3) is 9.63. The second kappa shape index (κ2) is 8.62. The van der Waals surface area contributed by atoms with Crippen molar-refractivity contribution in [3.8, 4) is 0 Å². The molecule has 0 spiro atoms. The average molecular weight is 227 g/mol. The first kappa shape index (κ1) is 14.3. The first-order valence-corrected chi connectivity index (χ1v) is 6.39. The van der Waals surface area contributed by atoms with Gasteiger partial charge in [-0.15, -0.1) is 0 Å². The number of rotatable bonds is 3. The summed E-state index contributed by atoms with van der Waals surface area (Å²) in [6.07, 6.45) is 1.74. The van der Waals surface area contributed by atoms with Gasteiger partial charge < -0.3 is 4.55 Å². The highest BCUT2D eigenvalue weighted by Gasteiger charge is 1.80. The summed E-state index contributed by atoms with van der Waals surface area (Å²) in [6, 6.07) is 8.48. The van der Waals surface area contributed by atoms with Crippen LogP contribution >= 0.6 is 0 Å². The van der Waals surface area contributed by atoms with Crippen LogP contribution in [0.1, 0.15) is 30.9 Å². The molecular weight excluding hydrogens is 208 g/mol. The zero-order valence-corrected chi connectivity index (χ0v) is 10.5. The molecule has 0 saturated carbocycles. The second-order valence-corrected chi connectivity index (χ2v) is 4.53. The lowest BCUT2D eigenvalue weighted by Crippen LogP contribution is -1.92. The summed E-state index contributed by atoms with van der Waals surface area (Å²) < 4.78 is 19.5. The molecule has 0 amide bonds. The lowest BCUT2D eigenvalue weighted by atomic mass is 10.2. The van der Waals surface area contributed by atoms with Gasteiger partial charge in [0.2, 0.25) is 0 Å². The molecule has 1 rings (SSSR count). The van der Waals surface area contributed by atoms with Crippen molar-refractivity contribution in [1.29, 1.82) is 0 Å². The van der Waals surface area contributed by atoms with Gasteiger partial charge in [0.25, 0.3) is 0 Å².